The first-order valence-electron chi connectivity index (χ1n) is 11.5. The van der Waals surface area contributed by atoms with Crippen molar-refractivity contribution in [3.63, 3.8) is 0 Å². The monoisotopic (exact) mass is 394 g/mol. The maximum atomic E-state index is 12.3. The number of amides is 1. The molecule has 6 heteroatoms. The van der Waals surface area contributed by atoms with Gasteiger partial charge in [-0.25, -0.2) is 4.79 Å². The Morgan fingerprint density at radius 1 is 1.00 bits per heavy atom. The molecule has 2 atom stereocenters. The Balaban J connectivity index is 1.38. The lowest BCUT2D eigenvalue weighted by Crippen LogP contribution is -2.54. The predicted molar refractivity (Wildman–Crippen MR) is 113 cm³/mol. The van der Waals surface area contributed by atoms with Crippen LogP contribution in [0, 0.1) is 5.92 Å². The summed E-state index contributed by atoms with van der Waals surface area (Å²) in [4.78, 5) is 16.8. The Labute approximate surface area is 171 Å². The van der Waals surface area contributed by atoms with Crippen LogP contribution in [0.25, 0.3) is 0 Å². The predicted octanol–water partition coefficient (Wildman–Crippen LogP) is 2.96. The Morgan fingerprint density at radius 3 is 2.25 bits per heavy atom. The van der Waals surface area contributed by atoms with Crippen molar-refractivity contribution in [3.05, 3.63) is 0 Å². The van der Waals surface area contributed by atoms with Crippen molar-refractivity contribution in [1.29, 1.82) is 0 Å². The maximum Gasteiger partial charge on any atom is 0.410 e. The number of nitrogens with zero attached hydrogens (tertiary/aromatic N) is 2. The van der Waals surface area contributed by atoms with E-state index >= 15 is 0 Å². The summed E-state index contributed by atoms with van der Waals surface area (Å²) < 4.78 is 5.52. The van der Waals surface area contributed by atoms with Gasteiger partial charge in [-0.1, -0.05) is 12.8 Å². The summed E-state index contributed by atoms with van der Waals surface area (Å²) in [5, 5.41) is 3.95. The van der Waals surface area contributed by atoms with Crippen molar-refractivity contribution in [2.45, 2.75) is 95.9 Å². The van der Waals surface area contributed by atoms with E-state index in [0.717, 1.165) is 32.5 Å². The summed E-state index contributed by atoms with van der Waals surface area (Å²) in [5.74, 6) is 0.670. The third-order valence-electron chi connectivity index (χ3n) is 6.82. The lowest BCUT2D eigenvalue weighted by molar-refractivity contribution is 0.0122. The Morgan fingerprint density at radius 2 is 1.64 bits per heavy atom. The molecule has 1 amide bonds. The lowest BCUT2D eigenvalue weighted by atomic mass is 9.83. The van der Waals surface area contributed by atoms with E-state index in [2.05, 4.69) is 10.2 Å². The molecule has 3 aliphatic rings. The second-order valence-electron chi connectivity index (χ2n) is 10.1. The highest BCUT2D eigenvalue weighted by molar-refractivity contribution is 5.68. The van der Waals surface area contributed by atoms with E-state index in [-0.39, 0.29) is 6.09 Å². The average Bonchev–Trinajstić information content (AvgIpc) is 2.68. The molecule has 2 saturated heterocycles. The normalized spacial score (nSPS) is 29.1. The summed E-state index contributed by atoms with van der Waals surface area (Å²) >= 11 is 0. The van der Waals surface area contributed by atoms with Gasteiger partial charge in [0.2, 0.25) is 0 Å². The quantitative estimate of drug-likeness (QED) is 0.767. The molecule has 2 heterocycles. The van der Waals surface area contributed by atoms with Gasteiger partial charge in [0.05, 0.1) is 0 Å². The molecule has 3 fully saturated rings. The maximum absolute atomic E-state index is 12.3. The molecular formula is C22H42N4O2. The molecule has 3 N–H and O–H groups in total. The van der Waals surface area contributed by atoms with E-state index in [1.807, 2.05) is 25.7 Å². The second-order valence-corrected chi connectivity index (χ2v) is 10.1. The average molecular weight is 395 g/mol. The van der Waals surface area contributed by atoms with Crippen molar-refractivity contribution >= 4 is 6.09 Å². The van der Waals surface area contributed by atoms with Crippen molar-refractivity contribution in [3.8, 4) is 0 Å². The number of ether oxygens (including phenoxy) is 1. The summed E-state index contributed by atoms with van der Waals surface area (Å²) in [6.45, 7) is 10.6. The highest BCUT2D eigenvalue weighted by atomic mass is 16.6. The smallest absolute Gasteiger partial charge is 0.410 e. The topological polar surface area (TPSA) is 70.8 Å². The van der Waals surface area contributed by atoms with Gasteiger partial charge in [0.1, 0.15) is 5.60 Å². The van der Waals surface area contributed by atoms with Gasteiger partial charge in [-0.05, 0) is 84.8 Å². The lowest BCUT2D eigenvalue weighted by Gasteiger charge is -2.43. The number of carbonyl (C=O) groups excluding carboxylic acids is 1. The molecule has 2 aliphatic heterocycles. The number of rotatable bonds is 4. The van der Waals surface area contributed by atoms with Crippen LogP contribution in [0.5, 0.6) is 0 Å². The van der Waals surface area contributed by atoms with Gasteiger partial charge in [0.15, 0.2) is 0 Å². The SMILES string of the molecule is CC(C)(C)OC(=O)N1CCC(N2CCC(N[C@H]3CCCC[C@@H]3CN)CC2)CC1. The van der Waals surface area contributed by atoms with Gasteiger partial charge in [-0.15, -0.1) is 0 Å². The molecule has 0 aromatic carbocycles. The fraction of sp³-hybridized carbons (Fsp3) is 0.955. The summed E-state index contributed by atoms with van der Waals surface area (Å²) in [6, 6.07) is 1.90. The van der Waals surface area contributed by atoms with Gasteiger partial charge in [-0.3, -0.25) is 0 Å². The molecule has 0 aromatic rings. The van der Waals surface area contributed by atoms with Crippen LogP contribution in [-0.4, -0.2) is 72.3 Å². The van der Waals surface area contributed by atoms with Crippen LogP contribution < -0.4 is 11.1 Å². The number of likely N-dealkylation sites (tertiary alicyclic amines) is 2. The van der Waals surface area contributed by atoms with Crippen LogP contribution in [-0.2, 0) is 4.74 Å². The zero-order chi connectivity index (χ0) is 20.1. The summed E-state index contributed by atoms with van der Waals surface area (Å²) in [7, 11) is 0. The largest absolute Gasteiger partial charge is 0.444 e. The van der Waals surface area contributed by atoms with Crippen LogP contribution in [0.3, 0.4) is 0 Å². The van der Waals surface area contributed by atoms with Crippen molar-refractivity contribution in [2.75, 3.05) is 32.7 Å². The molecule has 0 unspecified atom stereocenters. The minimum atomic E-state index is -0.413. The number of piperidine rings is 2. The Kier molecular flexibility index (Phi) is 7.62. The first-order chi connectivity index (χ1) is 13.4. The first kappa shape index (κ1) is 21.8. The van der Waals surface area contributed by atoms with Gasteiger partial charge in [0.25, 0.3) is 0 Å². The molecule has 0 aromatic heterocycles. The van der Waals surface area contributed by atoms with E-state index in [4.69, 9.17) is 10.5 Å². The third kappa shape index (κ3) is 6.07. The second kappa shape index (κ2) is 9.77. The molecule has 0 spiro atoms. The molecule has 6 nitrogen and oxygen atoms in total. The van der Waals surface area contributed by atoms with Gasteiger partial charge >= 0.3 is 6.09 Å². The van der Waals surface area contributed by atoms with E-state index < -0.39 is 5.60 Å². The van der Waals surface area contributed by atoms with Crippen LogP contribution in [0.15, 0.2) is 0 Å². The van der Waals surface area contributed by atoms with Crippen molar-refractivity contribution < 1.29 is 9.53 Å². The first-order valence-corrected chi connectivity index (χ1v) is 11.5. The molecule has 162 valence electrons. The van der Waals surface area contributed by atoms with Crippen LogP contribution in [0.4, 0.5) is 4.79 Å². The molecule has 1 aliphatic carbocycles. The number of nitrogens with two attached hydrogens (primary N) is 1. The highest BCUT2D eigenvalue weighted by Crippen LogP contribution is 2.26. The van der Waals surface area contributed by atoms with Crippen LogP contribution >= 0.6 is 0 Å². The Hall–Kier alpha value is -0.850. The zero-order valence-electron chi connectivity index (χ0n) is 18.3. The standard InChI is InChI=1S/C22H42N4O2/c1-22(2,3)28-21(27)26-14-10-19(11-15-26)25-12-8-18(9-13-25)24-20-7-5-4-6-17(20)16-23/h17-20,24H,4-16,23H2,1-3H3/t17-,20+/m1/s1. The third-order valence-corrected chi connectivity index (χ3v) is 6.82. The van der Waals surface area contributed by atoms with Crippen LogP contribution in [0.2, 0.25) is 0 Å². The molecule has 3 rings (SSSR count). The summed E-state index contributed by atoms with van der Waals surface area (Å²) in [5.41, 5.74) is 5.59. The van der Waals surface area contributed by atoms with E-state index in [1.165, 1.54) is 51.6 Å². The number of nitrogens with one attached hydrogen (secondary N) is 1. The molecule has 0 bridgehead atoms. The molecular weight excluding hydrogens is 352 g/mol. The summed E-state index contributed by atoms with van der Waals surface area (Å²) in [6.07, 6.45) is 9.73. The number of hydrogen-bond donors (Lipinski definition) is 2. The minimum absolute atomic E-state index is 0.157. The van der Waals surface area contributed by atoms with E-state index in [0.29, 0.717) is 24.0 Å². The van der Waals surface area contributed by atoms with Gasteiger partial charge in [-0.2, -0.15) is 0 Å². The minimum Gasteiger partial charge on any atom is -0.444 e. The molecule has 1 saturated carbocycles. The van der Waals surface area contributed by atoms with Crippen molar-refractivity contribution in [2.24, 2.45) is 11.7 Å². The molecule has 28 heavy (non-hydrogen) atoms. The zero-order valence-corrected chi connectivity index (χ0v) is 18.3. The fourth-order valence-corrected chi connectivity index (χ4v) is 5.18. The number of hydrogen-bond acceptors (Lipinski definition) is 5. The van der Waals surface area contributed by atoms with E-state index in [9.17, 15) is 4.79 Å². The fourth-order valence-electron chi connectivity index (χ4n) is 5.18. The van der Waals surface area contributed by atoms with Gasteiger partial charge < -0.3 is 25.6 Å². The van der Waals surface area contributed by atoms with E-state index in [1.54, 1.807) is 0 Å². The van der Waals surface area contributed by atoms with Gasteiger partial charge in [0, 0.05) is 31.2 Å². The Bertz CT molecular complexity index is 491. The number of carbonyl (C=O) groups is 1. The molecule has 0 radical (unpaired) electrons. The highest BCUT2D eigenvalue weighted by Gasteiger charge is 2.32. The van der Waals surface area contributed by atoms with Crippen molar-refractivity contribution in [1.82, 2.24) is 15.1 Å². The van der Waals surface area contributed by atoms with Crippen LogP contribution in [0.1, 0.15) is 72.1 Å².